The van der Waals surface area contributed by atoms with Gasteiger partial charge in [-0.25, -0.2) is 4.79 Å². The van der Waals surface area contributed by atoms with Gasteiger partial charge in [0.2, 0.25) is 0 Å². The maximum atomic E-state index is 11.1. The van der Waals surface area contributed by atoms with Gasteiger partial charge in [0.1, 0.15) is 0 Å². The zero-order valence-electron chi connectivity index (χ0n) is 10.1. The van der Waals surface area contributed by atoms with Gasteiger partial charge in [0, 0.05) is 16.8 Å². The first-order valence-electron chi connectivity index (χ1n) is 5.46. The molecule has 0 bridgehead atoms. The number of hydrogen-bond acceptors (Lipinski definition) is 2. The Morgan fingerprint density at radius 2 is 2.11 bits per heavy atom. The molecule has 1 heterocycles. The number of hydrogen-bond donors (Lipinski definition) is 1. The van der Waals surface area contributed by atoms with E-state index >= 15 is 0 Å². The first-order valence-corrected chi connectivity index (χ1v) is 5.83. The van der Waals surface area contributed by atoms with Crippen molar-refractivity contribution in [3.05, 3.63) is 41.7 Å². The van der Waals surface area contributed by atoms with Crippen LogP contribution in [-0.4, -0.2) is 20.9 Å². The van der Waals surface area contributed by atoms with Crippen LogP contribution in [0.15, 0.2) is 36.7 Å². The van der Waals surface area contributed by atoms with Crippen LogP contribution >= 0.6 is 11.6 Å². The van der Waals surface area contributed by atoms with E-state index in [0.717, 1.165) is 11.1 Å². The van der Waals surface area contributed by atoms with Crippen molar-refractivity contribution in [3.8, 4) is 11.1 Å². The molecule has 0 amide bonds. The normalized spacial score (nSPS) is 11.5. The monoisotopic (exact) mass is 264 g/mol. The molecule has 1 aromatic heterocycles. The van der Waals surface area contributed by atoms with E-state index in [9.17, 15) is 4.79 Å². The van der Waals surface area contributed by atoms with E-state index in [1.54, 1.807) is 32.3 Å². The van der Waals surface area contributed by atoms with Crippen LogP contribution < -0.4 is 0 Å². The summed E-state index contributed by atoms with van der Waals surface area (Å²) < 4.78 is 1.44. The molecule has 1 aromatic carbocycles. The Morgan fingerprint density at radius 1 is 1.39 bits per heavy atom. The maximum absolute atomic E-state index is 11.1. The number of benzene rings is 1. The average molecular weight is 265 g/mol. The van der Waals surface area contributed by atoms with Crippen molar-refractivity contribution in [2.75, 3.05) is 0 Å². The number of halogens is 1. The number of carboxylic acid groups (broad SMARTS) is 1. The van der Waals surface area contributed by atoms with Gasteiger partial charge in [-0.1, -0.05) is 23.7 Å². The Labute approximate surface area is 110 Å². The molecule has 0 aliphatic rings. The number of aliphatic carboxylic acids is 1. The third-order valence-corrected chi connectivity index (χ3v) is 3.07. The van der Waals surface area contributed by atoms with Crippen molar-refractivity contribution in [2.24, 2.45) is 0 Å². The van der Waals surface area contributed by atoms with E-state index in [-0.39, 0.29) is 0 Å². The third-order valence-electron chi connectivity index (χ3n) is 2.84. The molecule has 0 radical (unpaired) electrons. The fourth-order valence-electron chi connectivity index (χ4n) is 1.54. The smallest absolute Gasteiger partial charge is 0.331 e. The minimum absolute atomic E-state index is 0.637. The molecule has 0 aliphatic heterocycles. The molecule has 0 fully saturated rings. The highest BCUT2D eigenvalue weighted by molar-refractivity contribution is 6.30. The summed E-state index contributed by atoms with van der Waals surface area (Å²) in [7, 11) is 0. The summed E-state index contributed by atoms with van der Waals surface area (Å²) in [4.78, 5) is 11.1. The van der Waals surface area contributed by atoms with Gasteiger partial charge in [0.15, 0.2) is 5.54 Å². The molecule has 0 unspecified atom stereocenters. The molecule has 4 nitrogen and oxygen atoms in total. The average Bonchev–Trinajstić information content (AvgIpc) is 2.78. The van der Waals surface area contributed by atoms with Crippen molar-refractivity contribution < 1.29 is 9.90 Å². The van der Waals surface area contributed by atoms with Gasteiger partial charge in [-0.05, 0) is 31.5 Å². The van der Waals surface area contributed by atoms with Crippen LogP contribution in [0, 0.1) is 0 Å². The Morgan fingerprint density at radius 3 is 2.72 bits per heavy atom. The molecular formula is C13H13ClN2O2. The Kier molecular flexibility index (Phi) is 3.13. The first kappa shape index (κ1) is 12.6. The minimum Gasteiger partial charge on any atom is -0.479 e. The highest BCUT2D eigenvalue weighted by atomic mass is 35.5. The van der Waals surface area contributed by atoms with E-state index < -0.39 is 11.5 Å². The number of carbonyl (C=O) groups is 1. The maximum Gasteiger partial charge on any atom is 0.331 e. The second kappa shape index (κ2) is 4.46. The molecule has 0 saturated carbocycles. The minimum atomic E-state index is -1.07. The molecule has 0 atom stereocenters. The zero-order valence-corrected chi connectivity index (χ0v) is 10.8. The molecule has 0 spiro atoms. The zero-order chi connectivity index (χ0) is 13.3. The van der Waals surface area contributed by atoms with Gasteiger partial charge in [-0.2, -0.15) is 5.10 Å². The SMILES string of the molecule is CC(C)(C(=O)O)n1cc(-c2cccc(Cl)c2)cn1. The van der Waals surface area contributed by atoms with E-state index in [1.165, 1.54) is 4.68 Å². The lowest BCUT2D eigenvalue weighted by molar-refractivity contribution is -0.146. The lowest BCUT2D eigenvalue weighted by Crippen LogP contribution is -2.35. The third kappa shape index (κ3) is 2.24. The summed E-state index contributed by atoms with van der Waals surface area (Å²) in [5, 5.41) is 13.9. The second-order valence-electron chi connectivity index (χ2n) is 4.55. The molecule has 1 N–H and O–H groups in total. The van der Waals surface area contributed by atoms with Crippen molar-refractivity contribution in [1.29, 1.82) is 0 Å². The van der Waals surface area contributed by atoms with Crippen molar-refractivity contribution in [3.63, 3.8) is 0 Å². The van der Waals surface area contributed by atoms with E-state index in [0.29, 0.717) is 5.02 Å². The van der Waals surface area contributed by atoms with Crippen LogP contribution in [0.4, 0.5) is 0 Å². The number of nitrogens with zero attached hydrogens (tertiary/aromatic N) is 2. The summed E-state index contributed by atoms with van der Waals surface area (Å²) >= 11 is 5.92. The van der Waals surface area contributed by atoms with Gasteiger partial charge in [0.05, 0.1) is 6.20 Å². The predicted molar refractivity (Wildman–Crippen MR) is 69.6 cm³/mol. The Bertz CT molecular complexity index is 590. The van der Waals surface area contributed by atoms with Crippen LogP contribution in [-0.2, 0) is 10.3 Å². The Balaban J connectivity index is 2.40. The molecule has 94 valence electrons. The standard InChI is InChI=1S/C13H13ClN2O2/c1-13(2,12(17)18)16-8-10(7-15-16)9-4-3-5-11(14)6-9/h3-8H,1-2H3,(H,17,18). The summed E-state index contributed by atoms with van der Waals surface area (Å²) in [5.41, 5.74) is 0.679. The van der Waals surface area contributed by atoms with Crippen molar-refractivity contribution in [2.45, 2.75) is 19.4 Å². The van der Waals surface area contributed by atoms with E-state index in [4.69, 9.17) is 16.7 Å². The fourth-order valence-corrected chi connectivity index (χ4v) is 1.73. The fraction of sp³-hybridized carbons (Fsp3) is 0.231. The quantitative estimate of drug-likeness (QED) is 0.927. The van der Waals surface area contributed by atoms with Gasteiger partial charge in [-0.15, -0.1) is 0 Å². The van der Waals surface area contributed by atoms with Crippen molar-refractivity contribution in [1.82, 2.24) is 9.78 Å². The molecule has 0 aliphatic carbocycles. The highest BCUT2D eigenvalue weighted by Gasteiger charge is 2.30. The summed E-state index contributed by atoms with van der Waals surface area (Å²) in [5.74, 6) is -0.928. The number of carboxylic acids is 1. The van der Waals surface area contributed by atoms with Crippen LogP contribution in [0.2, 0.25) is 5.02 Å². The topological polar surface area (TPSA) is 55.1 Å². The van der Waals surface area contributed by atoms with Crippen LogP contribution in [0.5, 0.6) is 0 Å². The van der Waals surface area contributed by atoms with E-state index in [2.05, 4.69) is 5.10 Å². The Hall–Kier alpha value is -1.81. The molecule has 2 aromatic rings. The van der Waals surface area contributed by atoms with Crippen LogP contribution in [0.1, 0.15) is 13.8 Å². The summed E-state index contributed by atoms with van der Waals surface area (Å²) in [6.07, 6.45) is 3.34. The molecule has 5 heteroatoms. The molecule has 2 rings (SSSR count). The van der Waals surface area contributed by atoms with E-state index in [1.807, 2.05) is 18.2 Å². The first-order chi connectivity index (χ1) is 8.41. The number of aromatic nitrogens is 2. The van der Waals surface area contributed by atoms with Gasteiger partial charge in [0.25, 0.3) is 0 Å². The molecule has 18 heavy (non-hydrogen) atoms. The largest absolute Gasteiger partial charge is 0.479 e. The summed E-state index contributed by atoms with van der Waals surface area (Å²) in [6, 6.07) is 7.35. The highest BCUT2D eigenvalue weighted by Crippen LogP contribution is 2.24. The van der Waals surface area contributed by atoms with Gasteiger partial charge < -0.3 is 5.11 Å². The van der Waals surface area contributed by atoms with Gasteiger partial charge in [-0.3, -0.25) is 4.68 Å². The van der Waals surface area contributed by atoms with Crippen molar-refractivity contribution >= 4 is 17.6 Å². The number of rotatable bonds is 3. The van der Waals surface area contributed by atoms with Crippen LogP contribution in [0.3, 0.4) is 0 Å². The second-order valence-corrected chi connectivity index (χ2v) is 4.98. The summed E-state index contributed by atoms with van der Waals surface area (Å²) in [6.45, 7) is 3.20. The lowest BCUT2D eigenvalue weighted by atomic mass is 10.1. The molecular weight excluding hydrogens is 252 g/mol. The molecule has 0 saturated heterocycles. The van der Waals surface area contributed by atoms with Gasteiger partial charge >= 0.3 is 5.97 Å². The lowest BCUT2D eigenvalue weighted by Gasteiger charge is -2.19. The predicted octanol–water partition coefficient (Wildman–Crippen LogP) is 3.02. The van der Waals surface area contributed by atoms with Crippen LogP contribution in [0.25, 0.3) is 11.1 Å².